The van der Waals surface area contributed by atoms with E-state index in [2.05, 4.69) is 26.1 Å². The normalized spacial score (nSPS) is 54.1. The smallest absolute Gasteiger partial charge is 0.170 e. The predicted molar refractivity (Wildman–Crippen MR) is 145 cm³/mol. The van der Waals surface area contributed by atoms with Crippen molar-refractivity contribution in [3.8, 4) is 0 Å². The summed E-state index contributed by atoms with van der Waals surface area (Å²) < 4.78 is 19.3. The fourth-order valence-electron chi connectivity index (χ4n) is 12.0. The molecule has 6 nitrogen and oxygen atoms in total. The van der Waals surface area contributed by atoms with Gasteiger partial charge in [-0.3, -0.25) is 0 Å². The molecule has 38 heavy (non-hydrogen) atoms. The maximum atomic E-state index is 10.8. The number of aliphatic hydroxyl groups excluding tert-OH is 1. The van der Waals surface area contributed by atoms with Crippen LogP contribution in [0.2, 0.25) is 0 Å². The first-order chi connectivity index (χ1) is 17.9. The highest BCUT2D eigenvalue weighted by Crippen LogP contribution is 2.87. The van der Waals surface area contributed by atoms with E-state index in [1.54, 1.807) is 13.8 Å². The number of fused-ring (bicyclic) bond motifs is 4. The zero-order valence-electron chi connectivity index (χ0n) is 24.5. The van der Waals surface area contributed by atoms with Crippen LogP contribution in [0.3, 0.4) is 0 Å². The van der Waals surface area contributed by atoms with E-state index in [4.69, 9.17) is 14.2 Å². The van der Waals surface area contributed by atoms with Crippen molar-refractivity contribution in [3.05, 3.63) is 0 Å². The molecular formula is C32H53NO5. The molecule has 7 aliphatic rings. The van der Waals surface area contributed by atoms with Crippen LogP contribution in [0.15, 0.2) is 0 Å². The zero-order chi connectivity index (χ0) is 26.7. The molecule has 0 amide bonds. The standard InChI is InChI=1S/C32H53NO5/c1-28(2)24-9-7-19-21-16-23-20(6-8-22(37-23)27(34)29(3,4)35)30(21,5)12-13-31(19)18-32(24,31)11-10-25(28)38-26-17-33-14-15-36-26/h19-27,33-35H,6-18H2,1-5H3/t19?,20?,21?,22?,23?,24?,25-,26?,27-,30?,31?,32?/m0/s1. The Morgan fingerprint density at radius 1 is 0.947 bits per heavy atom. The first-order valence-corrected chi connectivity index (χ1v) is 16.0. The Morgan fingerprint density at radius 3 is 2.47 bits per heavy atom. The molecule has 2 spiro atoms. The molecule has 2 heterocycles. The SMILES string of the molecule is CC12CCC34CC35CC[C@H](OC3CNCCO3)C(C)(C)C5CCC4C1CC1OC([C@H](O)C(C)(C)O)CCC12. The highest BCUT2D eigenvalue weighted by atomic mass is 16.7. The third-order valence-corrected chi connectivity index (χ3v) is 13.8. The van der Waals surface area contributed by atoms with Gasteiger partial charge in [0.05, 0.1) is 30.5 Å². The lowest BCUT2D eigenvalue weighted by atomic mass is 9.46. The van der Waals surface area contributed by atoms with Crippen molar-refractivity contribution in [3.63, 3.8) is 0 Å². The number of ether oxygens (including phenoxy) is 3. The molecular weight excluding hydrogens is 478 g/mol. The van der Waals surface area contributed by atoms with Gasteiger partial charge in [0.25, 0.3) is 0 Å². The van der Waals surface area contributed by atoms with Gasteiger partial charge < -0.3 is 29.7 Å². The molecule has 0 radical (unpaired) electrons. The number of nitrogens with one attached hydrogen (secondary N) is 1. The van der Waals surface area contributed by atoms with Crippen molar-refractivity contribution in [2.24, 2.45) is 45.3 Å². The largest absolute Gasteiger partial charge is 0.388 e. The lowest BCUT2D eigenvalue weighted by molar-refractivity contribution is -0.232. The first-order valence-electron chi connectivity index (χ1n) is 16.0. The van der Waals surface area contributed by atoms with Gasteiger partial charge in [-0.25, -0.2) is 0 Å². The van der Waals surface area contributed by atoms with Crippen LogP contribution in [0.25, 0.3) is 0 Å². The molecule has 6 heteroatoms. The van der Waals surface area contributed by atoms with Crippen LogP contribution < -0.4 is 5.32 Å². The van der Waals surface area contributed by atoms with Gasteiger partial charge in [-0.15, -0.1) is 0 Å². The van der Waals surface area contributed by atoms with Gasteiger partial charge in [0.2, 0.25) is 0 Å². The third-order valence-electron chi connectivity index (χ3n) is 13.8. The summed E-state index contributed by atoms with van der Waals surface area (Å²) in [6, 6.07) is 0. The minimum Gasteiger partial charge on any atom is -0.388 e. The third kappa shape index (κ3) is 3.59. The van der Waals surface area contributed by atoms with Gasteiger partial charge >= 0.3 is 0 Å². The quantitative estimate of drug-likeness (QED) is 0.490. The average molecular weight is 532 g/mol. The van der Waals surface area contributed by atoms with E-state index >= 15 is 0 Å². The van der Waals surface area contributed by atoms with E-state index in [1.165, 1.54) is 44.9 Å². The molecule has 10 unspecified atom stereocenters. The highest BCUT2D eigenvalue weighted by Gasteiger charge is 2.80. The molecule has 2 saturated heterocycles. The number of hydrogen-bond acceptors (Lipinski definition) is 6. The molecule has 5 aliphatic carbocycles. The second-order valence-corrected chi connectivity index (χ2v) is 16.1. The van der Waals surface area contributed by atoms with E-state index in [0.29, 0.717) is 22.2 Å². The van der Waals surface area contributed by atoms with Gasteiger partial charge in [-0.05, 0) is 123 Å². The molecule has 0 aromatic carbocycles. The van der Waals surface area contributed by atoms with Gasteiger partial charge in [-0.1, -0.05) is 20.8 Å². The summed E-state index contributed by atoms with van der Waals surface area (Å²) in [5.41, 5.74) is 0.473. The molecule has 3 N–H and O–H groups in total. The topological polar surface area (TPSA) is 80.2 Å². The Kier molecular flexibility index (Phi) is 6.06. The van der Waals surface area contributed by atoms with E-state index < -0.39 is 11.7 Å². The summed E-state index contributed by atoms with van der Waals surface area (Å²) >= 11 is 0. The van der Waals surface area contributed by atoms with Crippen molar-refractivity contribution in [2.45, 2.75) is 135 Å². The van der Waals surface area contributed by atoms with Crippen molar-refractivity contribution >= 4 is 0 Å². The van der Waals surface area contributed by atoms with E-state index in [1.807, 2.05) is 0 Å². The van der Waals surface area contributed by atoms with Gasteiger partial charge in [0.15, 0.2) is 6.29 Å². The lowest BCUT2D eigenvalue weighted by Gasteiger charge is -2.60. The molecule has 0 bridgehead atoms. The van der Waals surface area contributed by atoms with Crippen molar-refractivity contribution in [1.82, 2.24) is 5.32 Å². The number of hydrogen-bond donors (Lipinski definition) is 3. The second kappa shape index (κ2) is 8.64. The maximum absolute atomic E-state index is 10.8. The molecule has 216 valence electrons. The molecule has 0 aromatic heterocycles. The predicted octanol–water partition coefficient (Wildman–Crippen LogP) is 4.66. The molecule has 12 atom stereocenters. The Balaban J connectivity index is 1.09. The Labute approximate surface area is 229 Å². The first kappa shape index (κ1) is 26.6. The second-order valence-electron chi connectivity index (χ2n) is 16.1. The minimum absolute atomic E-state index is 0.0949. The number of morpholine rings is 1. The summed E-state index contributed by atoms with van der Waals surface area (Å²) in [7, 11) is 0. The molecule has 2 aliphatic heterocycles. The van der Waals surface area contributed by atoms with Crippen molar-refractivity contribution in [1.29, 1.82) is 0 Å². The molecule has 7 rings (SSSR count). The van der Waals surface area contributed by atoms with Crippen LogP contribution in [0.5, 0.6) is 0 Å². The fraction of sp³-hybridized carbons (Fsp3) is 1.00. The summed E-state index contributed by atoms with van der Waals surface area (Å²) in [5.74, 6) is 2.91. The van der Waals surface area contributed by atoms with Crippen LogP contribution in [0, 0.1) is 45.3 Å². The van der Waals surface area contributed by atoms with Crippen LogP contribution in [-0.2, 0) is 14.2 Å². The fourth-order valence-corrected chi connectivity index (χ4v) is 12.0. The van der Waals surface area contributed by atoms with E-state index in [0.717, 1.165) is 56.7 Å². The van der Waals surface area contributed by atoms with E-state index in [-0.39, 0.29) is 30.0 Å². The van der Waals surface area contributed by atoms with Gasteiger partial charge in [0, 0.05) is 13.1 Å². The van der Waals surface area contributed by atoms with Gasteiger partial charge in [-0.2, -0.15) is 0 Å². The average Bonchev–Trinajstić information content (AvgIpc) is 3.45. The van der Waals surface area contributed by atoms with E-state index in [9.17, 15) is 10.2 Å². The number of rotatable bonds is 4. The summed E-state index contributed by atoms with van der Waals surface area (Å²) in [6.07, 6.45) is 11.9. The minimum atomic E-state index is -1.12. The Morgan fingerprint density at radius 2 is 1.74 bits per heavy atom. The molecule has 7 fully saturated rings. The lowest BCUT2D eigenvalue weighted by Crippen LogP contribution is -2.56. The summed E-state index contributed by atoms with van der Waals surface area (Å²) in [4.78, 5) is 0. The maximum Gasteiger partial charge on any atom is 0.170 e. The van der Waals surface area contributed by atoms with Crippen LogP contribution in [0.4, 0.5) is 0 Å². The molecule has 5 saturated carbocycles. The Hall–Kier alpha value is -0.240. The van der Waals surface area contributed by atoms with Crippen LogP contribution in [-0.4, -0.2) is 66.2 Å². The highest BCUT2D eigenvalue weighted by molar-refractivity contribution is 5.29. The summed E-state index contributed by atoms with van der Waals surface area (Å²) in [5, 5.41) is 24.7. The van der Waals surface area contributed by atoms with Gasteiger partial charge in [0.1, 0.15) is 6.10 Å². The van der Waals surface area contributed by atoms with Crippen LogP contribution in [0.1, 0.15) is 98.8 Å². The molecule has 0 aromatic rings. The van der Waals surface area contributed by atoms with Crippen LogP contribution >= 0.6 is 0 Å². The zero-order valence-corrected chi connectivity index (χ0v) is 24.5. The van der Waals surface area contributed by atoms with Crippen molar-refractivity contribution in [2.75, 3.05) is 19.7 Å². The number of aliphatic hydroxyl groups is 2. The van der Waals surface area contributed by atoms with Crippen molar-refractivity contribution < 1.29 is 24.4 Å². The Bertz CT molecular complexity index is 927. The monoisotopic (exact) mass is 531 g/mol. The summed E-state index contributed by atoms with van der Waals surface area (Å²) in [6.45, 7) is 13.5.